The van der Waals surface area contributed by atoms with Crippen LogP contribution >= 0.6 is 0 Å². The monoisotopic (exact) mass is 93.1 g/mol. The van der Waals surface area contributed by atoms with Crippen LogP contribution in [0, 0.1) is 18.9 Å². The van der Waals surface area contributed by atoms with Crippen molar-refractivity contribution in [1.82, 2.24) is 0 Å². The van der Waals surface area contributed by atoms with Crippen molar-refractivity contribution in [3.63, 3.8) is 0 Å². The SMILES string of the molecule is [CH]=CCCCC#C. The van der Waals surface area contributed by atoms with E-state index in [2.05, 4.69) is 5.92 Å². The van der Waals surface area contributed by atoms with E-state index in [4.69, 9.17) is 13.0 Å². The molecular weight excluding hydrogens is 84.1 g/mol. The van der Waals surface area contributed by atoms with E-state index in [9.17, 15) is 0 Å². The zero-order chi connectivity index (χ0) is 5.54. The van der Waals surface area contributed by atoms with Crippen molar-refractivity contribution in [3.8, 4) is 12.3 Å². The van der Waals surface area contributed by atoms with Gasteiger partial charge in [-0.1, -0.05) is 12.7 Å². The summed E-state index contributed by atoms with van der Waals surface area (Å²) in [6.45, 7) is 5.08. The Bertz CT molecular complexity index is 74.5. The molecule has 1 radical (unpaired) electrons. The lowest BCUT2D eigenvalue weighted by molar-refractivity contribution is 0.886. The molecule has 0 unspecified atom stereocenters. The number of allylic oxidation sites excluding steroid dienone is 1. The quantitative estimate of drug-likeness (QED) is 0.368. The number of terminal acetylenes is 1. The van der Waals surface area contributed by atoms with Crippen LogP contribution in [0.3, 0.4) is 0 Å². The highest BCUT2D eigenvalue weighted by Crippen LogP contribution is 1.91. The summed E-state index contributed by atoms with van der Waals surface area (Å²) < 4.78 is 0. The number of hydrogen-bond acceptors (Lipinski definition) is 0. The van der Waals surface area contributed by atoms with Crippen LogP contribution < -0.4 is 0 Å². The van der Waals surface area contributed by atoms with Gasteiger partial charge in [0.25, 0.3) is 0 Å². The van der Waals surface area contributed by atoms with Crippen LogP contribution in [0.5, 0.6) is 0 Å². The van der Waals surface area contributed by atoms with E-state index in [-0.39, 0.29) is 0 Å². The molecule has 0 heteroatoms. The second-order valence-electron chi connectivity index (χ2n) is 1.33. The van der Waals surface area contributed by atoms with Gasteiger partial charge in [-0.25, -0.2) is 0 Å². The van der Waals surface area contributed by atoms with E-state index in [1.807, 2.05) is 0 Å². The predicted molar refractivity (Wildman–Crippen MR) is 31.6 cm³/mol. The lowest BCUT2D eigenvalue weighted by Gasteiger charge is -1.81. The maximum absolute atomic E-state index is 5.08. The third kappa shape index (κ3) is 5.30. The maximum atomic E-state index is 5.08. The predicted octanol–water partition coefficient (Wildman–Crippen LogP) is 1.78. The molecule has 0 aliphatic heterocycles. The van der Waals surface area contributed by atoms with E-state index in [1.54, 1.807) is 6.08 Å². The molecule has 0 saturated heterocycles. The molecule has 0 aromatic carbocycles. The van der Waals surface area contributed by atoms with Gasteiger partial charge in [0.05, 0.1) is 0 Å². The third-order valence-electron chi connectivity index (χ3n) is 0.692. The average molecular weight is 93.1 g/mol. The van der Waals surface area contributed by atoms with Crippen molar-refractivity contribution in [1.29, 1.82) is 0 Å². The van der Waals surface area contributed by atoms with Gasteiger partial charge in [-0.15, -0.1) is 12.3 Å². The summed E-state index contributed by atoms with van der Waals surface area (Å²) in [7, 11) is 0. The summed E-state index contributed by atoms with van der Waals surface area (Å²) in [4.78, 5) is 0. The Morgan fingerprint density at radius 2 is 2.29 bits per heavy atom. The molecule has 37 valence electrons. The Balaban J connectivity index is 2.72. The van der Waals surface area contributed by atoms with E-state index in [0.717, 1.165) is 19.3 Å². The number of hydrogen-bond donors (Lipinski definition) is 0. The van der Waals surface area contributed by atoms with E-state index in [0.29, 0.717) is 0 Å². The summed E-state index contributed by atoms with van der Waals surface area (Å²) >= 11 is 0. The van der Waals surface area contributed by atoms with Crippen molar-refractivity contribution >= 4 is 0 Å². The van der Waals surface area contributed by atoms with E-state index < -0.39 is 0 Å². The highest BCUT2D eigenvalue weighted by atomic mass is 13.8. The minimum Gasteiger partial charge on any atom is -0.120 e. The van der Waals surface area contributed by atoms with Crippen LogP contribution in [-0.4, -0.2) is 0 Å². The minimum atomic E-state index is 0.841. The zero-order valence-corrected chi connectivity index (χ0v) is 4.35. The fraction of sp³-hybridized carbons (Fsp3) is 0.429. The molecule has 0 amide bonds. The molecule has 0 N–H and O–H groups in total. The normalized spacial score (nSPS) is 7.29. The van der Waals surface area contributed by atoms with Gasteiger partial charge in [-0.2, -0.15) is 0 Å². The first kappa shape index (κ1) is 6.30. The molecule has 0 aromatic rings. The Labute approximate surface area is 45.2 Å². The van der Waals surface area contributed by atoms with Crippen molar-refractivity contribution in [2.75, 3.05) is 0 Å². The standard InChI is InChI=1S/C7H9/c1-3-5-7-6-4-2/h1-3H,5-7H2. The molecule has 0 aliphatic carbocycles. The smallest absolute Gasteiger partial charge is 0.00890 e. The first-order valence-corrected chi connectivity index (χ1v) is 2.38. The molecule has 0 bridgehead atoms. The van der Waals surface area contributed by atoms with Crippen LogP contribution in [0.2, 0.25) is 0 Å². The van der Waals surface area contributed by atoms with Gasteiger partial charge in [0.1, 0.15) is 0 Å². The Morgan fingerprint density at radius 3 is 2.71 bits per heavy atom. The van der Waals surface area contributed by atoms with Crippen LogP contribution in [-0.2, 0) is 0 Å². The summed E-state index contributed by atoms with van der Waals surface area (Å²) in [5.41, 5.74) is 0. The molecule has 0 saturated carbocycles. The van der Waals surface area contributed by atoms with Gasteiger partial charge in [-0.3, -0.25) is 0 Å². The average Bonchev–Trinajstić information content (AvgIpc) is 1.69. The fourth-order valence-electron chi connectivity index (χ4n) is 0.322. The summed E-state index contributed by atoms with van der Waals surface area (Å²) in [6.07, 6.45) is 9.40. The van der Waals surface area contributed by atoms with Crippen molar-refractivity contribution in [2.45, 2.75) is 19.3 Å². The first-order chi connectivity index (χ1) is 3.41. The highest BCUT2D eigenvalue weighted by Gasteiger charge is 1.74. The Hall–Kier alpha value is -0.700. The second kappa shape index (κ2) is 5.30. The molecule has 0 fully saturated rings. The molecule has 0 spiro atoms. The maximum Gasteiger partial charge on any atom is 0.00890 e. The Morgan fingerprint density at radius 1 is 1.57 bits per heavy atom. The van der Waals surface area contributed by atoms with Crippen LogP contribution in [0.1, 0.15) is 19.3 Å². The lowest BCUT2D eigenvalue weighted by Crippen LogP contribution is -1.65. The van der Waals surface area contributed by atoms with Crippen molar-refractivity contribution < 1.29 is 0 Å². The molecule has 7 heavy (non-hydrogen) atoms. The van der Waals surface area contributed by atoms with Gasteiger partial charge in [0.15, 0.2) is 0 Å². The molecule has 0 aromatic heterocycles. The molecule has 0 aliphatic rings. The highest BCUT2D eigenvalue weighted by molar-refractivity contribution is 4.83. The lowest BCUT2D eigenvalue weighted by atomic mass is 10.2. The van der Waals surface area contributed by atoms with E-state index >= 15 is 0 Å². The zero-order valence-electron chi connectivity index (χ0n) is 4.35. The molecule has 0 atom stereocenters. The van der Waals surface area contributed by atoms with Crippen LogP contribution in [0.25, 0.3) is 0 Å². The fourth-order valence-corrected chi connectivity index (χ4v) is 0.322. The second-order valence-corrected chi connectivity index (χ2v) is 1.33. The third-order valence-corrected chi connectivity index (χ3v) is 0.692. The number of rotatable bonds is 3. The van der Waals surface area contributed by atoms with Gasteiger partial charge in [0.2, 0.25) is 0 Å². The molecule has 0 nitrogen and oxygen atoms in total. The van der Waals surface area contributed by atoms with Crippen molar-refractivity contribution in [2.24, 2.45) is 0 Å². The van der Waals surface area contributed by atoms with Gasteiger partial charge in [0, 0.05) is 6.42 Å². The van der Waals surface area contributed by atoms with Crippen LogP contribution in [0.4, 0.5) is 0 Å². The number of unbranched alkanes of at least 4 members (excludes halogenated alkanes) is 2. The summed E-state index contributed by atoms with van der Waals surface area (Å²) in [5.74, 6) is 2.53. The van der Waals surface area contributed by atoms with Gasteiger partial charge >= 0.3 is 0 Å². The molecular formula is C7H9. The molecule has 0 heterocycles. The van der Waals surface area contributed by atoms with Crippen molar-refractivity contribution in [3.05, 3.63) is 12.7 Å². The largest absolute Gasteiger partial charge is 0.120 e. The van der Waals surface area contributed by atoms with Gasteiger partial charge in [-0.05, 0) is 12.8 Å². The minimum absolute atomic E-state index is 0.841. The summed E-state index contributed by atoms with van der Waals surface area (Å²) in [6, 6.07) is 0. The topological polar surface area (TPSA) is 0 Å². The Kier molecular flexibility index (Phi) is 4.77. The molecule has 0 rings (SSSR count). The van der Waals surface area contributed by atoms with E-state index in [1.165, 1.54) is 0 Å². The van der Waals surface area contributed by atoms with Gasteiger partial charge < -0.3 is 0 Å². The van der Waals surface area contributed by atoms with Crippen LogP contribution in [0.15, 0.2) is 6.08 Å². The summed E-state index contributed by atoms with van der Waals surface area (Å²) in [5, 5.41) is 0. The first-order valence-electron chi connectivity index (χ1n) is 2.38.